The van der Waals surface area contributed by atoms with Crippen LogP contribution in [0.5, 0.6) is 0 Å². The Balaban J connectivity index is 2.08. The molecule has 0 spiro atoms. The Morgan fingerprint density at radius 3 is 2.47 bits per heavy atom. The van der Waals surface area contributed by atoms with Gasteiger partial charge >= 0.3 is 0 Å². The lowest BCUT2D eigenvalue weighted by atomic mass is 9.71. The fourth-order valence-corrected chi connectivity index (χ4v) is 3.74. The number of fused-ring (bicyclic) bond motifs is 3. The molecule has 3 heteroatoms. The summed E-state index contributed by atoms with van der Waals surface area (Å²) in [6.07, 6.45) is 3.96. The molecule has 3 nitrogen and oxygen atoms in total. The SMILES string of the molecule is CCC(C)CN(C)C1(CN)CN2CCC1CC2. The van der Waals surface area contributed by atoms with Crippen LogP contribution >= 0.6 is 0 Å². The van der Waals surface area contributed by atoms with E-state index in [-0.39, 0.29) is 5.54 Å². The number of hydrogen-bond donors (Lipinski definition) is 1. The zero-order valence-corrected chi connectivity index (χ0v) is 11.8. The number of nitrogens with zero attached hydrogens (tertiary/aromatic N) is 2. The summed E-state index contributed by atoms with van der Waals surface area (Å²) in [5.41, 5.74) is 6.44. The monoisotopic (exact) mass is 239 g/mol. The van der Waals surface area contributed by atoms with Crippen LogP contribution < -0.4 is 5.73 Å². The van der Waals surface area contributed by atoms with E-state index in [1.165, 1.54) is 45.4 Å². The van der Waals surface area contributed by atoms with Gasteiger partial charge in [0.1, 0.15) is 0 Å². The molecule has 2 unspecified atom stereocenters. The van der Waals surface area contributed by atoms with Gasteiger partial charge in [-0.05, 0) is 44.8 Å². The molecular formula is C14H29N3. The minimum absolute atomic E-state index is 0.264. The maximum atomic E-state index is 6.17. The summed E-state index contributed by atoms with van der Waals surface area (Å²) in [7, 11) is 2.29. The molecule has 3 aliphatic heterocycles. The number of hydrogen-bond acceptors (Lipinski definition) is 3. The molecule has 2 atom stereocenters. The second kappa shape index (κ2) is 5.25. The first kappa shape index (κ1) is 13.3. The third-order valence-electron chi connectivity index (χ3n) is 5.24. The van der Waals surface area contributed by atoms with Crippen molar-refractivity contribution in [3.05, 3.63) is 0 Å². The van der Waals surface area contributed by atoms with Crippen LogP contribution in [0.15, 0.2) is 0 Å². The van der Waals surface area contributed by atoms with Crippen molar-refractivity contribution in [2.24, 2.45) is 17.6 Å². The molecule has 0 aliphatic carbocycles. The number of likely N-dealkylation sites (N-methyl/N-ethyl adjacent to an activating group) is 1. The Morgan fingerprint density at radius 1 is 1.41 bits per heavy atom. The van der Waals surface area contributed by atoms with Crippen molar-refractivity contribution in [2.45, 2.75) is 38.6 Å². The van der Waals surface area contributed by atoms with Gasteiger partial charge in [-0.2, -0.15) is 0 Å². The maximum absolute atomic E-state index is 6.17. The van der Waals surface area contributed by atoms with Crippen molar-refractivity contribution in [3.8, 4) is 0 Å². The molecule has 3 aliphatic rings. The van der Waals surface area contributed by atoms with Gasteiger partial charge in [-0.1, -0.05) is 20.3 Å². The Bertz CT molecular complexity index is 248. The van der Waals surface area contributed by atoms with Crippen LogP contribution in [0.4, 0.5) is 0 Å². The van der Waals surface area contributed by atoms with E-state index in [9.17, 15) is 0 Å². The van der Waals surface area contributed by atoms with Gasteiger partial charge in [-0.15, -0.1) is 0 Å². The molecule has 3 rings (SSSR count). The summed E-state index contributed by atoms with van der Waals surface area (Å²) >= 11 is 0. The van der Waals surface area contributed by atoms with Crippen molar-refractivity contribution < 1.29 is 0 Å². The minimum atomic E-state index is 0.264. The van der Waals surface area contributed by atoms with Crippen LogP contribution in [0.1, 0.15) is 33.1 Å². The predicted molar refractivity (Wildman–Crippen MR) is 73.0 cm³/mol. The van der Waals surface area contributed by atoms with Gasteiger partial charge in [0.2, 0.25) is 0 Å². The van der Waals surface area contributed by atoms with Gasteiger partial charge in [-0.3, -0.25) is 4.90 Å². The normalized spacial score (nSPS) is 38.6. The zero-order valence-electron chi connectivity index (χ0n) is 11.8. The fourth-order valence-electron chi connectivity index (χ4n) is 3.74. The van der Waals surface area contributed by atoms with E-state index in [1.54, 1.807) is 0 Å². The first-order chi connectivity index (χ1) is 8.12. The molecule has 3 fully saturated rings. The molecule has 0 aromatic rings. The van der Waals surface area contributed by atoms with Gasteiger partial charge < -0.3 is 10.6 Å². The van der Waals surface area contributed by atoms with Gasteiger partial charge in [0.05, 0.1) is 0 Å². The lowest BCUT2D eigenvalue weighted by Gasteiger charge is -2.57. The van der Waals surface area contributed by atoms with Gasteiger partial charge in [0, 0.05) is 25.2 Å². The van der Waals surface area contributed by atoms with Gasteiger partial charge in [0.15, 0.2) is 0 Å². The first-order valence-electron chi connectivity index (χ1n) is 7.26. The summed E-state index contributed by atoms with van der Waals surface area (Å²) in [4.78, 5) is 5.19. The quantitative estimate of drug-likeness (QED) is 0.787. The van der Waals surface area contributed by atoms with E-state index in [0.29, 0.717) is 0 Å². The second-order valence-electron chi connectivity index (χ2n) is 6.25. The molecular weight excluding hydrogens is 210 g/mol. The molecule has 2 N–H and O–H groups in total. The molecule has 0 radical (unpaired) electrons. The Labute approximate surface area is 106 Å². The average molecular weight is 239 g/mol. The molecule has 3 saturated heterocycles. The molecule has 100 valence electrons. The maximum Gasteiger partial charge on any atom is 0.0484 e. The van der Waals surface area contributed by atoms with Crippen LogP contribution in [0.3, 0.4) is 0 Å². The van der Waals surface area contributed by atoms with Gasteiger partial charge in [-0.25, -0.2) is 0 Å². The molecule has 2 bridgehead atoms. The smallest absolute Gasteiger partial charge is 0.0484 e. The van der Waals surface area contributed by atoms with E-state index >= 15 is 0 Å². The second-order valence-corrected chi connectivity index (χ2v) is 6.25. The summed E-state index contributed by atoms with van der Waals surface area (Å²) in [6, 6.07) is 0. The number of nitrogens with two attached hydrogens (primary N) is 1. The van der Waals surface area contributed by atoms with Crippen molar-refractivity contribution in [1.82, 2.24) is 9.80 Å². The average Bonchev–Trinajstić information content (AvgIpc) is 2.39. The molecule has 0 saturated carbocycles. The van der Waals surface area contributed by atoms with E-state index in [2.05, 4.69) is 30.7 Å². The van der Waals surface area contributed by atoms with E-state index in [0.717, 1.165) is 18.4 Å². The highest BCUT2D eigenvalue weighted by Crippen LogP contribution is 2.38. The number of piperidine rings is 3. The standard InChI is InChI=1S/C14H29N3/c1-4-12(2)9-16(3)14(10-15)11-17-7-5-13(14)6-8-17/h12-13H,4-11,15H2,1-3H3. The molecule has 0 amide bonds. The van der Waals surface area contributed by atoms with Crippen LogP contribution in [0.25, 0.3) is 0 Å². The van der Waals surface area contributed by atoms with Crippen molar-refractivity contribution in [3.63, 3.8) is 0 Å². The van der Waals surface area contributed by atoms with E-state index < -0.39 is 0 Å². The van der Waals surface area contributed by atoms with Crippen molar-refractivity contribution in [1.29, 1.82) is 0 Å². The highest BCUT2D eigenvalue weighted by molar-refractivity contribution is 5.05. The zero-order chi connectivity index (χ0) is 12.5. The van der Waals surface area contributed by atoms with E-state index in [1.807, 2.05) is 0 Å². The lowest BCUT2D eigenvalue weighted by molar-refractivity contribution is -0.0604. The topological polar surface area (TPSA) is 32.5 Å². The Kier molecular flexibility index (Phi) is 4.11. The summed E-state index contributed by atoms with van der Waals surface area (Å²) in [5, 5.41) is 0. The molecule has 0 aromatic carbocycles. The third-order valence-corrected chi connectivity index (χ3v) is 5.24. The lowest BCUT2D eigenvalue weighted by Crippen LogP contribution is -2.69. The summed E-state index contributed by atoms with van der Waals surface area (Å²) < 4.78 is 0. The minimum Gasteiger partial charge on any atom is -0.329 e. The first-order valence-corrected chi connectivity index (χ1v) is 7.26. The largest absolute Gasteiger partial charge is 0.329 e. The van der Waals surface area contributed by atoms with Crippen molar-refractivity contribution >= 4 is 0 Å². The van der Waals surface area contributed by atoms with Crippen LogP contribution in [-0.2, 0) is 0 Å². The molecule has 0 aromatic heterocycles. The summed E-state index contributed by atoms with van der Waals surface area (Å²) in [6.45, 7) is 10.4. The van der Waals surface area contributed by atoms with Crippen LogP contribution in [0.2, 0.25) is 0 Å². The Morgan fingerprint density at radius 2 is 2.06 bits per heavy atom. The van der Waals surface area contributed by atoms with Crippen LogP contribution in [-0.4, -0.2) is 55.1 Å². The molecule has 3 heterocycles. The predicted octanol–water partition coefficient (Wildman–Crippen LogP) is 1.39. The van der Waals surface area contributed by atoms with Crippen molar-refractivity contribution in [2.75, 3.05) is 39.8 Å². The van der Waals surface area contributed by atoms with E-state index in [4.69, 9.17) is 5.73 Å². The third kappa shape index (κ3) is 2.38. The van der Waals surface area contributed by atoms with Crippen LogP contribution in [0, 0.1) is 11.8 Å². The van der Waals surface area contributed by atoms with Gasteiger partial charge in [0.25, 0.3) is 0 Å². The number of rotatable bonds is 5. The molecule has 17 heavy (non-hydrogen) atoms. The fraction of sp³-hybridized carbons (Fsp3) is 1.00. The highest BCUT2D eigenvalue weighted by Gasteiger charge is 2.48. The highest BCUT2D eigenvalue weighted by atomic mass is 15.3. The Hall–Kier alpha value is -0.120. The summed E-state index contributed by atoms with van der Waals surface area (Å²) in [5.74, 6) is 1.60.